The van der Waals surface area contributed by atoms with Gasteiger partial charge in [-0.1, -0.05) is 6.92 Å². The number of carbonyl (C=O) groups excluding carboxylic acids is 1. The van der Waals surface area contributed by atoms with Crippen LogP contribution in [-0.4, -0.2) is 49.7 Å². The average Bonchev–Trinajstić information content (AvgIpc) is 2.42. The van der Waals surface area contributed by atoms with Gasteiger partial charge in [-0.05, 0) is 44.4 Å². The molecule has 0 spiro atoms. The third-order valence-electron chi connectivity index (χ3n) is 4.62. The molecule has 19 heavy (non-hydrogen) atoms. The van der Waals surface area contributed by atoms with Crippen molar-refractivity contribution >= 4 is 5.91 Å². The Hall–Kier alpha value is -0.610. The van der Waals surface area contributed by atoms with E-state index >= 15 is 0 Å². The van der Waals surface area contributed by atoms with Crippen LogP contribution in [0.2, 0.25) is 0 Å². The first kappa shape index (κ1) is 14.8. The van der Waals surface area contributed by atoms with Crippen LogP contribution >= 0.6 is 0 Å². The lowest BCUT2D eigenvalue weighted by molar-refractivity contribution is -0.123. The summed E-state index contributed by atoms with van der Waals surface area (Å²) in [7, 11) is 1.77. The van der Waals surface area contributed by atoms with Gasteiger partial charge in [0.05, 0.1) is 12.6 Å². The van der Waals surface area contributed by atoms with E-state index in [2.05, 4.69) is 17.1 Å². The summed E-state index contributed by atoms with van der Waals surface area (Å²) in [6.07, 6.45) is 7.29. The second kappa shape index (κ2) is 7.25. The molecule has 2 fully saturated rings. The largest absolute Gasteiger partial charge is 0.381 e. The number of hydrogen-bond acceptors (Lipinski definition) is 3. The molecule has 1 saturated carbocycles. The predicted molar refractivity (Wildman–Crippen MR) is 76.0 cm³/mol. The summed E-state index contributed by atoms with van der Waals surface area (Å²) < 4.78 is 5.35. The van der Waals surface area contributed by atoms with E-state index in [0.29, 0.717) is 18.7 Å². The standard InChI is InChI=1S/C15H28N2O2/c1-12-3-5-13(6-4-12)16-15(18)11-17-9-7-14(19-2)8-10-17/h12-14H,3-11H2,1-2H3,(H,16,18)/t12-,13-. The summed E-state index contributed by atoms with van der Waals surface area (Å²) in [5, 5.41) is 3.20. The lowest BCUT2D eigenvalue weighted by Gasteiger charge is -2.32. The molecule has 1 aliphatic carbocycles. The fraction of sp³-hybridized carbons (Fsp3) is 0.933. The second-order valence-corrected chi connectivity index (χ2v) is 6.24. The minimum absolute atomic E-state index is 0.204. The van der Waals surface area contributed by atoms with Crippen LogP contribution in [0.15, 0.2) is 0 Å². The molecule has 0 unspecified atom stereocenters. The van der Waals surface area contributed by atoms with E-state index in [9.17, 15) is 4.79 Å². The Morgan fingerprint density at radius 2 is 1.79 bits per heavy atom. The SMILES string of the molecule is COC1CCN(CC(=O)N[C@H]2CC[C@H](C)CC2)CC1. The van der Waals surface area contributed by atoms with Crippen LogP contribution in [0.4, 0.5) is 0 Å². The van der Waals surface area contributed by atoms with E-state index in [1.165, 1.54) is 12.8 Å². The number of nitrogens with one attached hydrogen (secondary N) is 1. The monoisotopic (exact) mass is 268 g/mol. The van der Waals surface area contributed by atoms with Crippen molar-refractivity contribution in [2.75, 3.05) is 26.7 Å². The second-order valence-electron chi connectivity index (χ2n) is 6.24. The Morgan fingerprint density at radius 3 is 2.37 bits per heavy atom. The number of amides is 1. The molecule has 0 atom stereocenters. The molecule has 0 aromatic rings. The lowest BCUT2D eigenvalue weighted by atomic mass is 9.87. The minimum atomic E-state index is 0.204. The van der Waals surface area contributed by atoms with Gasteiger partial charge in [-0.15, -0.1) is 0 Å². The number of rotatable bonds is 4. The molecule has 1 aliphatic heterocycles. The fourth-order valence-electron chi connectivity index (χ4n) is 3.18. The van der Waals surface area contributed by atoms with Crippen molar-refractivity contribution in [2.24, 2.45) is 5.92 Å². The van der Waals surface area contributed by atoms with E-state index < -0.39 is 0 Å². The number of piperidine rings is 1. The lowest BCUT2D eigenvalue weighted by Crippen LogP contribution is -2.46. The van der Waals surface area contributed by atoms with E-state index in [-0.39, 0.29) is 5.91 Å². The predicted octanol–water partition coefficient (Wildman–Crippen LogP) is 1.79. The quantitative estimate of drug-likeness (QED) is 0.845. The van der Waals surface area contributed by atoms with E-state index in [1.54, 1.807) is 7.11 Å². The van der Waals surface area contributed by atoms with Crippen LogP contribution in [-0.2, 0) is 9.53 Å². The summed E-state index contributed by atoms with van der Waals surface area (Å²) in [5.74, 6) is 1.04. The van der Waals surface area contributed by atoms with Crippen LogP contribution in [0.5, 0.6) is 0 Å². The van der Waals surface area contributed by atoms with Crippen LogP contribution in [0.1, 0.15) is 45.4 Å². The van der Waals surface area contributed by atoms with Gasteiger partial charge in [-0.25, -0.2) is 0 Å². The highest BCUT2D eigenvalue weighted by Crippen LogP contribution is 2.23. The molecule has 2 rings (SSSR count). The van der Waals surface area contributed by atoms with Crippen LogP contribution in [0, 0.1) is 5.92 Å². The van der Waals surface area contributed by atoms with Crippen molar-refractivity contribution < 1.29 is 9.53 Å². The first-order chi connectivity index (χ1) is 9.17. The highest BCUT2D eigenvalue weighted by molar-refractivity contribution is 5.78. The Balaban J connectivity index is 1.64. The zero-order valence-corrected chi connectivity index (χ0v) is 12.4. The van der Waals surface area contributed by atoms with Crippen molar-refractivity contribution in [1.29, 1.82) is 0 Å². The summed E-state index contributed by atoms with van der Waals surface area (Å²) in [6.45, 7) is 4.82. The molecule has 2 aliphatic rings. The molecular formula is C15H28N2O2. The highest BCUT2D eigenvalue weighted by Gasteiger charge is 2.23. The Morgan fingerprint density at radius 1 is 1.16 bits per heavy atom. The van der Waals surface area contributed by atoms with Gasteiger partial charge in [-0.3, -0.25) is 9.69 Å². The number of ether oxygens (including phenoxy) is 1. The normalized spacial score (nSPS) is 30.2. The molecule has 110 valence electrons. The maximum absolute atomic E-state index is 12.0. The van der Waals surface area contributed by atoms with Gasteiger partial charge in [0.25, 0.3) is 0 Å². The molecular weight excluding hydrogens is 240 g/mol. The van der Waals surface area contributed by atoms with Gasteiger partial charge in [-0.2, -0.15) is 0 Å². The molecule has 1 heterocycles. The maximum atomic E-state index is 12.0. The van der Waals surface area contributed by atoms with Gasteiger partial charge in [0, 0.05) is 26.2 Å². The fourth-order valence-corrected chi connectivity index (χ4v) is 3.18. The Kier molecular flexibility index (Phi) is 5.64. The summed E-state index contributed by atoms with van der Waals surface area (Å²) in [5.41, 5.74) is 0. The summed E-state index contributed by atoms with van der Waals surface area (Å²) >= 11 is 0. The zero-order valence-electron chi connectivity index (χ0n) is 12.4. The van der Waals surface area contributed by atoms with E-state index in [4.69, 9.17) is 4.74 Å². The third kappa shape index (κ3) is 4.77. The molecule has 4 nitrogen and oxygen atoms in total. The molecule has 0 aromatic carbocycles. The van der Waals surface area contributed by atoms with Crippen molar-refractivity contribution in [2.45, 2.75) is 57.6 Å². The number of carbonyl (C=O) groups is 1. The molecule has 1 amide bonds. The topological polar surface area (TPSA) is 41.6 Å². The maximum Gasteiger partial charge on any atom is 0.234 e. The Labute approximate surface area is 116 Å². The van der Waals surface area contributed by atoms with Crippen molar-refractivity contribution in [3.8, 4) is 0 Å². The first-order valence-corrected chi connectivity index (χ1v) is 7.72. The molecule has 0 radical (unpaired) electrons. The smallest absolute Gasteiger partial charge is 0.234 e. The van der Waals surface area contributed by atoms with Crippen molar-refractivity contribution in [3.05, 3.63) is 0 Å². The molecule has 0 bridgehead atoms. The molecule has 0 aromatic heterocycles. The van der Waals surface area contributed by atoms with Gasteiger partial charge in [0.1, 0.15) is 0 Å². The molecule has 1 N–H and O–H groups in total. The van der Waals surface area contributed by atoms with E-state index in [0.717, 1.165) is 44.7 Å². The van der Waals surface area contributed by atoms with Crippen molar-refractivity contribution in [1.82, 2.24) is 10.2 Å². The third-order valence-corrected chi connectivity index (χ3v) is 4.62. The minimum Gasteiger partial charge on any atom is -0.381 e. The van der Waals surface area contributed by atoms with Gasteiger partial charge in [0.2, 0.25) is 5.91 Å². The highest BCUT2D eigenvalue weighted by atomic mass is 16.5. The summed E-state index contributed by atoms with van der Waals surface area (Å²) in [6, 6.07) is 0.417. The number of methoxy groups -OCH3 is 1. The number of nitrogens with zero attached hydrogens (tertiary/aromatic N) is 1. The number of hydrogen-bond donors (Lipinski definition) is 1. The molecule has 1 saturated heterocycles. The van der Waals surface area contributed by atoms with Gasteiger partial charge >= 0.3 is 0 Å². The Bertz CT molecular complexity index is 280. The number of likely N-dealkylation sites (tertiary alicyclic amines) is 1. The van der Waals surface area contributed by atoms with Crippen LogP contribution < -0.4 is 5.32 Å². The van der Waals surface area contributed by atoms with E-state index in [1.807, 2.05) is 0 Å². The van der Waals surface area contributed by atoms with Crippen molar-refractivity contribution in [3.63, 3.8) is 0 Å². The zero-order chi connectivity index (χ0) is 13.7. The molecule has 4 heteroatoms. The van der Waals surface area contributed by atoms with Gasteiger partial charge in [0.15, 0.2) is 0 Å². The van der Waals surface area contributed by atoms with Gasteiger partial charge < -0.3 is 10.1 Å². The first-order valence-electron chi connectivity index (χ1n) is 7.72. The summed E-state index contributed by atoms with van der Waals surface area (Å²) in [4.78, 5) is 14.3. The van der Waals surface area contributed by atoms with Crippen LogP contribution in [0.25, 0.3) is 0 Å². The average molecular weight is 268 g/mol. The van der Waals surface area contributed by atoms with Crippen LogP contribution in [0.3, 0.4) is 0 Å².